The molecule has 1 N–H and O–H groups in total. The number of halogens is 4. The first-order chi connectivity index (χ1) is 13.8. The van der Waals surface area contributed by atoms with Crippen molar-refractivity contribution in [2.75, 3.05) is 19.6 Å². The predicted octanol–water partition coefficient (Wildman–Crippen LogP) is 4.83. The third-order valence-corrected chi connectivity index (χ3v) is 4.45. The predicted molar refractivity (Wildman–Crippen MR) is 101 cm³/mol. The molecule has 0 bridgehead atoms. The van der Waals surface area contributed by atoms with Crippen LogP contribution in [0, 0.1) is 5.13 Å². The number of hydrogen-bond donors (Lipinski definition) is 1. The third kappa shape index (κ3) is 4.99. The first kappa shape index (κ1) is 20.5. The second kappa shape index (κ2) is 8.43. The molecule has 0 aliphatic rings. The standard InChI is InChI=1S/C18H14F4N4O2S/c1-27-13-5-3-10(7-14(13)28-2)12-8-15(18(20,21)22)25-17(24-12)26-23-9-11-4-6-16(19)29-11/h3-9H,1-2H3,(H,24,25,26). The van der Waals surface area contributed by atoms with Crippen molar-refractivity contribution in [3.8, 4) is 22.8 Å². The van der Waals surface area contributed by atoms with Gasteiger partial charge in [-0.2, -0.15) is 22.7 Å². The Morgan fingerprint density at radius 3 is 2.41 bits per heavy atom. The van der Waals surface area contributed by atoms with Gasteiger partial charge in [0.05, 0.1) is 31.0 Å². The number of ether oxygens (including phenoxy) is 2. The summed E-state index contributed by atoms with van der Waals surface area (Å²) in [5.74, 6) is 0.398. The maximum Gasteiger partial charge on any atom is 0.433 e. The molecular formula is C18H14F4N4O2S. The van der Waals surface area contributed by atoms with Gasteiger partial charge >= 0.3 is 6.18 Å². The molecule has 0 aliphatic heterocycles. The number of alkyl halides is 3. The summed E-state index contributed by atoms with van der Waals surface area (Å²) in [6, 6.07) is 8.16. The van der Waals surface area contributed by atoms with Gasteiger partial charge in [0, 0.05) is 5.56 Å². The molecule has 6 nitrogen and oxygen atoms in total. The largest absolute Gasteiger partial charge is 0.493 e. The fraction of sp³-hybridized carbons (Fsp3) is 0.167. The van der Waals surface area contributed by atoms with Crippen molar-refractivity contribution in [1.29, 1.82) is 0 Å². The number of anilines is 1. The lowest BCUT2D eigenvalue weighted by Gasteiger charge is -2.12. The van der Waals surface area contributed by atoms with Crippen LogP contribution in [0.1, 0.15) is 10.6 Å². The molecule has 2 aromatic heterocycles. The van der Waals surface area contributed by atoms with Gasteiger partial charge in [0.25, 0.3) is 0 Å². The van der Waals surface area contributed by atoms with Crippen LogP contribution in [0.3, 0.4) is 0 Å². The number of methoxy groups -OCH3 is 2. The normalized spacial score (nSPS) is 11.7. The molecule has 2 heterocycles. The summed E-state index contributed by atoms with van der Waals surface area (Å²) in [5.41, 5.74) is 1.58. The minimum atomic E-state index is -4.69. The molecule has 152 valence electrons. The number of nitrogens with one attached hydrogen (secondary N) is 1. The summed E-state index contributed by atoms with van der Waals surface area (Å²) in [6.07, 6.45) is -3.43. The van der Waals surface area contributed by atoms with Crippen molar-refractivity contribution in [2.24, 2.45) is 5.10 Å². The average molecular weight is 426 g/mol. The van der Waals surface area contributed by atoms with Gasteiger partial charge in [-0.1, -0.05) is 0 Å². The van der Waals surface area contributed by atoms with E-state index in [1.165, 1.54) is 38.6 Å². The van der Waals surface area contributed by atoms with Crippen LogP contribution in [-0.4, -0.2) is 30.4 Å². The van der Waals surface area contributed by atoms with Crippen LogP contribution >= 0.6 is 11.3 Å². The maximum atomic E-state index is 13.3. The first-order valence-electron chi connectivity index (χ1n) is 8.03. The number of thiophene rings is 1. The Labute approximate surface area is 166 Å². The van der Waals surface area contributed by atoms with E-state index in [-0.39, 0.29) is 11.6 Å². The molecule has 0 aliphatic carbocycles. The molecule has 0 amide bonds. The van der Waals surface area contributed by atoms with Crippen molar-refractivity contribution in [3.05, 3.63) is 52.1 Å². The van der Waals surface area contributed by atoms with E-state index in [9.17, 15) is 17.6 Å². The van der Waals surface area contributed by atoms with E-state index in [0.717, 1.165) is 17.4 Å². The van der Waals surface area contributed by atoms with Gasteiger partial charge in [-0.3, -0.25) is 0 Å². The van der Waals surface area contributed by atoms with Crippen LogP contribution in [0.4, 0.5) is 23.5 Å². The summed E-state index contributed by atoms with van der Waals surface area (Å²) in [4.78, 5) is 8.01. The summed E-state index contributed by atoms with van der Waals surface area (Å²) in [7, 11) is 2.86. The monoisotopic (exact) mass is 426 g/mol. The Kier molecular flexibility index (Phi) is 5.97. The topological polar surface area (TPSA) is 68.6 Å². The molecule has 0 atom stereocenters. The van der Waals surface area contributed by atoms with Crippen molar-refractivity contribution >= 4 is 23.5 Å². The minimum Gasteiger partial charge on any atom is -0.493 e. The fourth-order valence-corrected chi connectivity index (χ4v) is 2.94. The van der Waals surface area contributed by atoms with E-state index in [0.29, 0.717) is 21.9 Å². The lowest BCUT2D eigenvalue weighted by molar-refractivity contribution is -0.141. The van der Waals surface area contributed by atoms with Crippen LogP contribution in [-0.2, 0) is 6.18 Å². The van der Waals surface area contributed by atoms with E-state index < -0.39 is 17.0 Å². The highest BCUT2D eigenvalue weighted by Crippen LogP contribution is 2.34. The van der Waals surface area contributed by atoms with E-state index in [2.05, 4.69) is 20.5 Å². The number of aromatic nitrogens is 2. The first-order valence-corrected chi connectivity index (χ1v) is 8.85. The molecule has 0 saturated carbocycles. The molecule has 0 spiro atoms. The third-order valence-electron chi connectivity index (χ3n) is 3.65. The van der Waals surface area contributed by atoms with Gasteiger partial charge in [0.15, 0.2) is 22.3 Å². The Morgan fingerprint density at radius 2 is 1.79 bits per heavy atom. The smallest absolute Gasteiger partial charge is 0.433 e. The van der Waals surface area contributed by atoms with Crippen LogP contribution in [0.5, 0.6) is 11.5 Å². The zero-order valence-electron chi connectivity index (χ0n) is 15.1. The van der Waals surface area contributed by atoms with Gasteiger partial charge in [-0.05, 0) is 36.4 Å². The zero-order valence-corrected chi connectivity index (χ0v) is 15.9. The van der Waals surface area contributed by atoms with Crippen LogP contribution in [0.25, 0.3) is 11.3 Å². The van der Waals surface area contributed by atoms with Crippen molar-refractivity contribution < 1.29 is 27.0 Å². The summed E-state index contributed by atoms with van der Waals surface area (Å²) < 4.78 is 63.1. The molecule has 3 aromatic rings. The Balaban J connectivity index is 1.97. The van der Waals surface area contributed by atoms with Gasteiger partial charge < -0.3 is 9.47 Å². The van der Waals surface area contributed by atoms with Crippen LogP contribution in [0.15, 0.2) is 41.5 Å². The maximum absolute atomic E-state index is 13.3. The Hall–Kier alpha value is -3.21. The highest BCUT2D eigenvalue weighted by atomic mass is 32.1. The van der Waals surface area contributed by atoms with Gasteiger partial charge in [0.2, 0.25) is 5.95 Å². The highest BCUT2D eigenvalue weighted by Gasteiger charge is 2.34. The second-order valence-corrected chi connectivity index (χ2v) is 6.61. The number of hydrogen-bond acceptors (Lipinski definition) is 7. The van der Waals surface area contributed by atoms with Crippen LogP contribution < -0.4 is 14.9 Å². The van der Waals surface area contributed by atoms with Crippen molar-refractivity contribution in [3.63, 3.8) is 0 Å². The lowest BCUT2D eigenvalue weighted by atomic mass is 10.1. The van der Waals surface area contributed by atoms with Crippen molar-refractivity contribution in [2.45, 2.75) is 6.18 Å². The van der Waals surface area contributed by atoms with Gasteiger partial charge in [0.1, 0.15) is 0 Å². The summed E-state index contributed by atoms with van der Waals surface area (Å²) >= 11 is 0.835. The Morgan fingerprint density at radius 1 is 1.03 bits per heavy atom. The lowest BCUT2D eigenvalue weighted by Crippen LogP contribution is -2.11. The average Bonchev–Trinajstić information content (AvgIpc) is 3.11. The molecule has 0 unspecified atom stereocenters. The molecule has 29 heavy (non-hydrogen) atoms. The minimum absolute atomic E-state index is 0.00754. The molecule has 0 saturated heterocycles. The number of rotatable bonds is 6. The second-order valence-electron chi connectivity index (χ2n) is 5.54. The summed E-state index contributed by atoms with van der Waals surface area (Å²) in [5, 5.41) is 3.37. The highest BCUT2D eigenvalue weighted by molar-refractivity contribution is 7.12. The van der Waals surface area contributed by atoms with Gasteiger partial charge in [-0.25, -0.2) is 15.4 Å². The van der Waals surface area contributed by atoms with Crippen molar-refractivity contribution in [1.82, 2.24) is 9.97 Å². The number of benzene rings is 1. The quantitative estimate of drug-likeness (QED) is 0.348. The molecule has 3 rings (SSSR count). The molecule has 1 aromatic carbocycles. The van der Waals surface area contributed by atoms with Gasteiger partial charge in [-0.15, -0.1) is 11.3 Å². The molecule has 0 fully saturated rings. The van der Waals surface area contributed by atoms with Crippen LogP contribution in [0.2, 0.25) is 0 Å². The Bertz CT molecular complexity index is 1040. The number of nitrogens with zero attached hydrogens (tertiary/aromatic N) is 3. The molecule has 11 heteroatoms. The van der Waals surface area contributed by atoms with E-state index in [1.807, 2.05) is 0 Å². The number of hydrazone groups is 1. The molecular weight excluding hydrogens is 412 g/mol. The molecule has 0 radical (unpaired) electrons. The van der Waals surface area contributed by atoms with E-state index in [1.54, 1.807) is 12.1 Å². The van der Waals surface area contributed by atoms with E-state index in [4.69, 9.17) is 9.47 Å². The fourth-order valence-electron chi connectivity index (χ4n) is 2.34. The van der Waals surface area contributed by atoms with E-state index >= 15 is 0 Å². The zero-order chi connectivity index (χ0) is 21.0. The summed E-state index contributed by atoms with van der Waals surface area (Å²) in [6.45, 7) is 0. The SMILES string of the molecule is COc1ccc(-c2cc(C(F)(F)F)nc(NN=Cc3ccc(F)s3)n2)cc1OC.